The van der Waals surface area contributed by atoms with Crippen molar-refractivity contribution < 1.29 is 13.3 Å². The van der Waals surface area contributed by atoms with E-state index in [2.05, 4.69) is 0 Å². The Labute approximate surface area is 130 Å². The van der Waals surface area contributed by atoms with Crippen molar-refractivity contribution in [3.05, 3.63) is 33.9 Å². The fourth-order valence-corrected chi connectivity index (χ4v) is 4.27. The number of nitrogens with zero attached hydrogens (tertiary/aromatic N) is 2. The summed E-state index contributed by atoms with van der Waals surface area (Å²) < 4.78 is 26.8. The summed E-state index contributed by atoms with van der Waals surface area (Å²) >= 11 is 0. The van der Waals surface area contributed by atoms with Gasteiger partial charge < -0.3 is 5.73 Å². The summed E-state index contributed by atoms with van der Waals surface area (Å²) in [6.07, 6.45) is 1.65. The molecule has 0 aromatic heterocycles. The molecule has 1 saturated heterocycles. The number of rotatable bonds is 4. The Morgan fingerprint density at radius 3 is 2.73 bits per heavy atom. The first-order valence-electron chi connectivity index (χ1n) is 7.24. The molecule has 0 amide bonds. The first kappa shape index (κ1) is 16.9. The molecule has 1 heterocycles. The molecule has 7 nitrogen and oxygen atoms in total. The third kappa shape index (κ3) is 3.29. The number of nitro benzene ring substituents is 1. The second-order valence-corrected chi connectivity index (χ2v) is 7.77. The van der Waals surface area contributed by atoms with Crippen LogP contribution in [0.4, 0.5) is 5.69 Å². The average molecular weight is 327 g/mol. The Bertz CT molecular complexity index is 673. The number of hydrogen-bond acceptors (Lipinski definition) is 5. The second-order valence-electron chi connectivity index (χ2n) is 5.83. The Hall–Kier alpha value is -1.51. The number of hydrogen-bond donors (Lipinski definition) is 1. The summed E-state index contributed by atoms with van der Waals surface area (Å²) in [5, 5.41) is 11.0. The van der Waals surface area contributed by atoms with E-state index in [-0.39, 0.29) is 22.5 Å². The van der Waals surface area contributed by atoms with E-state index in [0.717, 1.165) is 18.9 Å². The number of nitro groups is 1. The van der Waals surface area contributed by atoms with Gasteiger partial charge >= 0.3 is 0 Å². The van der Waals surface area contributed by atoms with Crippen molar-refractivity contribution in [2.45, 2.75) is 37.6 Å². The fraction of sp³-hybridized carbons (Fsp3) is 0.571. The molecule has 1 fully saturated rings. The van der Waals surface area contributed by atoms with Gasteiger partial charge in [0.25, 0.3) is 5.69 Å². The third-order valence-electron chi connectivity index (χ3n) is 4.18. The van der Waals surface area contributed by atoms with E-state index in [0.29, 0.717) is 18.7 Å². The standard InChI is InChI=1S/C14H21N3O4S/c1-10-5-6-13(8-14(10)17(18)19)22(20,21)16-7-3-4-12(9-16)11(2)15/h5-6,8,11-12H,3-4,7,9,15H2,1-2H3. The lowest BCUT2D eigenvalue weighted by Gasteiger charge is -2.33. The molecule has 2 rings (SSSR count). The third-order valence-corrected chi connectivity index (χ3v) is 6.04. The maximum absolute atomic E-state index is 12.7. The lowest BCUT2D eigenvalue weighted by atomic mass is 9.93. The van der Waals surface area contributed by atoms with Crippen molar-refractivity contribution in [3.63, 3.8) is 0 Å². The molecule has 0 radical (unpaired) electrons. The maximum atomic E-state index is 12.7. The Morgan fingerprint density at radius 2 is 2.14 bits per heavy atom. The average Bonchev–Trinajstić information content (AvgIpc) is 2.47. The molecular weight excluding hydrogens is 306 g/mol. The van der Waals surface area contributed by atoms with Gasteiger partial charge in [-0.05, 0) is 38.7 Å². The van der Waals surface area contributed by atoms with Gasteiger partial charge in [-0.25, -0.2) is 8.42 Å². The summed E-state index contributed by atoms with van der Waals surface area (Å²) in [5.74, 6) is 0.115. The first-order valence-corrected chi connectivity index (χ1v) is 8.68. The van der Waals surface area contributed by atoms with Crippen LogP contribution in [0.2, 0.25) is 0 Å². The van der Waals surface area contributed by atoms with Gasteiger partial charge in [0.05, 0.1) is 9.82 Å². The van der Waals surface area contributed by atoms with E-state index in [1.807, 2.05) is 6.92 Å². The molecule has 0 saturated carbocycles. The molecule has 2 N–H and O–H groups in total. The zero-order chi connectivity index (χ0) is 16.5. The quantitative estimate of drug-likeness (QED) is 0.668. The number of benzene rings is 1. The minimum atomic E-state index is -3.73. The molecule has 1 aromatic carbocycles. The van der Waals surface area contributed by atoms with Crippen LogP contribution in [0.25, 0.3) is 0 Å². The number of nitrogens with two attached hydrogens (primary N) is 1. The predicted molar refractivity (Wildman–Crippen MR) is 83.0 cm³/mol. The molecule has 0 aliphatic carbocycles. The van der Waals surface area contributed by atoms with Crippen LogP contribution in [0.5, 0.6) is 0 Å². The maximum Gasteiger partial charge on any atom is 0.273 e. The van der Waals surface area contributed by atoms with Crippen LogP contribution in [0.1, 0.15) is 25.3 Å². The van der Waals surface area contributed by atoms with Crippen LogP contribution in [0.15, 0.2) is 23.1 Å². The zero-order valence-corrected chi connectivity index (χ0v) is 13.5. The van der Waals surface area contributed by atoms with Gasteiger partial charge in [0.1, 0.15) is 0 Å². The fourth-order valence-electron chi connectivity index (χ4n) is 2.72. The van der Waals surface area contributed by atoms with E-state index < -0.39 is 14.9 Å². The van der Waals surface area contributed by atoms with Gasteiger partial charge in [0.2, 0.25) is 10.0 Å². The highest BCUT2D eigenvalue weighted by atomic mass is 32.2. The van der Waals surface area contributed by atoms with E-state index in [9.17, 15) is 18.5 Å². The Balaban J connectivity index is 2.34. The number of aryl methyl sites for hydroxylation is 1. The van der Waals surface area contributed by atoms with Crippen LogP contribution < -0.4 is 5.73 Å². The molecule has 1 aliphatic rings. The van der Waals surface area contributed by atoms with Crippen molar-refractivity contribution >= 4 is 15.7 Å². The van der Waals surface area contributed by atoms with E-state index >= 15 is 0 Å². The summed E-state index contributed by atoms with van der Waals surface area (Å²) in [5.41, 5.74) is 6.15. The monoisotopic (exact) mass is 327 g/mol. The highest BCUT2D eigenvalue weighted by Gasteiger charge is 2.32. The van der Waals surface area contributed by atoms with Crippen LogP contribution in [0.3, 0.4) is 0 Å². The largest absolute Gasteiger partial charge is 0.328 e. The van der Waals surface area contributed by atoms with Gasteiger partial charge in [-0.3, -0.25) is 10.1 Å². The minimum Gasteiger partial charge on any atom is -0.328 e. The van der Waals surface area contributed by atoms with Crippen molar-refractivity contribution in [1.29, 1.82) is 0 Å². The van der Waals surface area contributed by atoms with Crippen molar-refractivity contribution in [1.82, 2.24) is 4.31 Å². The van der Waals surface area contributed by atoms with Crippen LogP contribution >= 0.6 is 0 Å². The van der Waals surface area contributed by atoms with E-state index in [1.165, 1.54) is 16.4 Å². The Kier molecular flexibility index (Phi) is 4.84. The van der Waals surface area contributed by atoms with Gasteiger partial charge in [-0.15, -0.1) is 0 Å². The summed E-state index contributed by atoms with van der Waals surface area (Å²) in [7, 11) is -3.73. The smallest absolute Gasteiger partial charge is 0.273 e. The topological polar surface area (TPSA) is 107 Å². The molecule has 22 heavy (non-hydrogen) atoms. The van der Waals surface area contributed by atoms with Crippen LogP contribution in [-0.2, 0) is 10.0 Å². The van der Waals surface area contributed by atoms with Gasteiger partial charge in [-0.1, -0.05) is 6.07 Å². The molecule has 0 bridgehead atoms. The van der Waals surface area contributed by atoms with E-state index in [4.69, 9.17) is 5.73 Å². The van der Waals surface area contributed by atoms with Crippen LogP contribution in [-0.4, -0.2) is 36.8 Å². The molecular formula is C14H21N3O4S. The number of piperidine rings is 1. The van der Waals surface area contributed by atoms with Gasteiger partial charge in [0.15, 0.2) is 0 Å². The SMILES string of the molecule is Cc1ccc(S(=O)(=O)N2CCCC(C(C)N)C2)cc1[N+](=O)[O-]. The molecule has 122 valence electrons. The zero-order valence-electron chi connectivity index (χ0n) is 12.7. The van der Waals surface area contributed by atoms with Crippen molar-refractivity contribution in [2.75, 3.05) is 13.1 Å². The van der Waals surface area contributed by atoms with Crippen molar-refractivity contribution in [2.24, 2.45) is 11.7 Å². The Morgan fingerprint density at radius 1 is 1.45 bits per heavy atom. The molecule has 1 aliphatic heterocycles. The molecule has 1 aromatic rings. The highest BCUT2D eigenvalue weighted by molar-refractivity contribution is 7.89. The normalized spacial score (nSPS) is 21.5. The summed E-state index contributed by atoms with van der Waals surface area (Å²) in [6, 6.07) is 3.95. The summed E-state index contributed by atoms with van der Waals surface area (Å²) in [4.78, 5) is 10.4. The lowest BCUT2D eigenvalue weighted by Crippen LogP contribution is -2.44. The second kappa shape index (κ2) is 6.31. The predicted octanol–water partition coefficient (Wildman–Crippen LogP) is 1.65. The molecule has 2 atom stereocenters. The molecule has 0 spiro atoms. The molecule has 8 heteroatoms. The first-order chi connectivity index (χ1) is 10.2. The van der Waals surface area contributed by atoms with Crippen LogP contribution in [0, 0.1) is 23.0 Å². The van der Waals surface area contributed by atoms with Gasteiger partial charge in [-0.2, -0.15) is 4.31 Å². The highest BCUT2D eigenvalue weighted by Crippen LogP contribution is 2.28. The number of sulfonamides is 1. The molecule has 2 unspecified atom stereocenters. The summed E-state index contributed by atoms with van der Waals surface area (Å²) in [6.45, 7) is 4.24. The lowest BCUT2D eigenvalue weighted by molar-refractivity contribution is -0.385. The van der Waals surface area contributed by atoms with Crippen molar-refractivity contribution in [3.8, 4) is 0 Å². The minimum absolute atomic E-state index is 0.0323. The van der Waals surface area contributed by atoms with Gasteiger partial charge in [0, 0.05) is 30.8 Å². The van der Waals surface area contributed by atoms with E-state index in [1.54, 1.807) is 6.92 Å².